The third-order valence-corrected chi connectivity index (χ3v) is 8.85. The van der Waals surface area contributed by atoms with Crippen molar-refractivity contribution in [1.29, 1.82) is 0 Å². The van der Waals surface area contributed by atoms with Crippen LogP contribution in [0.5, 0.6) is 0 Å². The first kappa shape index (κ1) is 24.7. The van der Waals surface area contributed by atoms with E-state index in [-0.39, 0.29) is 17.3 Å². The number of nitrogens with zero attached hydrogens (tertiary/aromatic N) is 1. The number of anilines is 1. The highest BCUT2D eigenvalue weighted by atomic mass is 35.5. The van der Waals surface area contributed by atoms with Gasteiger partial charge < -0.3 is 4.90 Å². The molecule has 0 radical (unpaired) electrons. The predicted octanol–water partition coefficient (Wildman–Crippen LogP) is 7.10. The van der Waals surface area contributed by atoms with E-state index in [2.05, 4.69) is 0 Å². The fourth-order valence-corrected chi connectivity index (χ4v) is 7.01. The van der Waals surface area contributed by atoms with E-state index >= 15 is 0 Å². The third kappa shape index (κ3) is 3.28. The van der Waals surface area contributed by atoms with E-state index in [0.717, 1.165) is 5.56 Å². The molecular formula is C34H23ClFNO3. The van der Waals surface area contributed by atoms with Crippen LogP contribution in [-0.2, 0) is 0 Å². The van der Waals surface area contributed by atoms with Crippen molar-refractivity contribution >= 4 is 40.7 Å². The second kappa shape index (κ2) is 8.83. The van der Waals surface area contributed by atoms with Crippen molar-refractivity contribution in [3.63, 3.8) is 0 Å². The Hall–Kier alpha value is -4.35. The van der Waals surface area contributed by atoms with Gasteiger partial charge in [0, 0.05) is 38.9 Å². The SMILES string of the molecule is Cc1ccc(C(=O)[C@@H]2[C@H](c3ccc(Cl)cc3)C3(C(=O)c4ccccc4C3=O)[C@H]3C=Cc4cc(F)ccc4N23)cc1. The smallest absolute Gasteiger partial charge is 0.185 e. The number of carbonyl (C=O) groups is 3. The highest BCUT2D eigenvalue weighted by Crippen LogP contribution is 2.61. The quantitative estimate of drug-likeness (QED) is 0.203. The van der Waals surface area contributed by atoms with Gasteiger partial charge in [-0.3, -0.25) is 14.4 Å². The monoisotopic (exact) mass is 547 g/mol. The number of hydrogen-bond donors (Lipinski definition) is 0. The molecule has 1 spiro atoms. The van der Waals surface area contributed by atoms with E-state index in [4.69, 9.17) is 11.6 Å². The molecule has 3 aliphatic rings. The summed E-state index contributed by atoms with van der Waals surface area (Å²) in [7, 11) is 0. The Bertz CT molecular complexity index is 1720. The second-order valence-corrected chi connectivity index (χ2v) is 11.1. The number of fused-ring (bicyclic) bond motifs is 5. The lowest BCUT2D eigenvalue weighted by Crippen LogP contribution is -2.48. The van der Waals surface area contributed by atoms with E-state index in [1.54, 1.807) is 78.9 Å². The fraction of sp³-hybridized carbons (Fsp3) is 0.147. The largest absolute Gasteiger partial charge is 0.352 e. The molecule has 196 valence electrons. The molecule has 0 N–H and O–H groups in total. The van der Waals surface area contributed by atoms with Crippen molar-refractivity contribution in [1.82, 2.24) is 0 Å². The molecule has 3 atom stereocenters. The van der Waals surface area contributed by atoms with Gasteiger partial charge in [0.25, 0.3) is 0 Å². The van der Waals surface area contributed by atoms with E-state index < -0.39 is 29.2 Å². The Morgan fingerprint density at radius 1 is 0.875 bits per heavy atom. The molecular weight excluding hydrogens is 525 g/mol. The van der Waals surface area contributed by atoms with Crippen LogP contribution >= 0.6 is 11.6 Å². The number of rotatable bonds is 3. The topological polar surface area (TPSA) is 54.5 Å². The summed E-state index contributed by atoms with van der Waals surface area (Å²) < 4.78 is 14.3. The molecule has 1 aliphatic carbocycles. The highest BCUT2D eigenvalue weighted by molar-refractivity contribution is 6.32. The molecule has 2 aliphatic heterocycles. The number of hydrogen-bond acceptors (Lipinski definition) is 4. The van der Waals surface area contributed by atoms with Gasteiger partial charge in [0.05, 0.1) is 6.04 Å². The average Bonchev–Trinajstić information content (AvgIpc) is 3.39. The number of Topliss-reactive ketones (excluding diaryl/α,β-unsaturated/α-hetero) is 3. The molecule has 6 heteroatoms. The number of ketones is 3. The maximum Gasteiger partial charge on any atom is 0.185 e. The van der Waals surface area contributed by atoms with Crippen molar-refractivity contribution in [3.8, 4) is 0 Å². The van der Waals surface area contributed by atoms with Crippen molar-refractivity contribution in [3.05, 3.63) is 141 Å². The van der Waals surface area contributed by atoms with Crippen molar-refractivity contribution in [2.24, 2.45) is 5.41 Å². The van der Waals surface area contributed by atoms with E-state index in [1.165, 1.54) is 12.1 Å². The van der Waals surface area contributed by atoms with Gasteiger partial charge in [-0.2, -0.15) is 0 Å². The lowest BCUT2D eigenvalue weighted by Gasteiger charge is -2.37. The van der Waals surface area contributed by atoms with Crippen LogP contribution in [-0.4, -0.2) is 29.4 Å². The van der Waals surface area contributed by atoms with Crippen LogP contribution in [0.1, 0.15) is 53.7 Å². The maximum atomic E-state index is 14.6. The molecule has 0 aromatic heterocycles. The zero-order valence-electron chi connectivity index (χ0n) is 21.5. The van der Waals surface area contributed by atoms with Gasteiger partial charge in [-0.15, -0.1) is 0 Å². The summed E-state index contributed by atoms with van der Waals surface area (Å²) in [5.74, 6) is -2.08. The zero-order chi connectivity index (χ0) is 27.8. The molecule has 4 nitrogen and oxygen atoms in total. The maximum absolute atomic E-state index is 14.6. The Balaban J connectivity index is 1.54. The molecule has 0 saturated carbocycles. The third-order valence-electron chi connectivity index (χ3n) is 8.60. The van der Waals surface area contributed by atoms with Crippen LogP contribution in [0.25, 0.3) is 6.08 Å². The molecule has 0 amide bonds. The summed E-state index contributed by atoms with van der Waals surface area (Å²) in [6.07, 6.45) is 3.54. The average molecular weight is 548 g/mol. The minimum atomic E-state index is -1.61. The van der Waals surface area contributed by atoms with E-state index in [0.29, 0.717) is 38.5 Å². The van der Waals surface area contributed by atoms with Crippen LogP contribution in [0.15, 0.2) is 97.1 Å². The van der Waals surface area contributed by atoms with Gasteiger partial charge in [-0.1, -0.05) is 90.0 Å². The molecule has 4 aromatic carbocycles. The molecule has 1 fully saturated rings. The minimum absolute atomic E-state index is 0.219. The van der Waals surface area contributed by atoms with Crippen LogP contribution < -0.4 is 4.90 Å². The first-order valence-electron chi connectivity index (χ1n) is 13.1. The molecule has 7 rings (SSSR count). The van der Waals surface area contributed by atoms with Gasteiger partial charge in [0.1, 0.15) is 17.3 Å². The summed E-state index contributed by atoms with van der Waals surface area (Å²) in [6, 6.07) is 23.8. The Kier molecular flexibility index (Phi) is 5.45. The molecule has 0 bridgehead atoms. The van der Waals surface area contributed by atoms with E-state index in [1.807, 2.05) is 24.0 Å². The molecule has 0 unspecified atom stereocenters. The van der Waals surface area contributed by atoms with Gasteiger partial charge in [-0.25, -0.2) is 4.39 Å². The summed E-state index contributed by atoms with van der Waals surface area (Å²) in [4.78, 5) is 45.6. The predicted molar refractivity (Wildman–Crippen MR) is 153 cm³/mol. The van der Waals surface area contributed by atoms with Crippen LogP contribution in [0.4, 0.5) is 10.1 Å². The Labute approximate surface area is 235 Å². The van der Waals surface area contributed by atoms with Crippen molar-refractivity contribution in [2.75, 3.05) is 4.90 Å². The summed E-state index contributed by atoms with van der Waals surface area (Å²) in [6.45, 7) is 1.94. The Morgan fingerprint density at radius 3 is 2.17 bits per heavy atom. The summed E-state index contributed by atoms with van der Waals surface area (Å²) >= 11 is 6.26. The molecule has 1 saturated heterocycles. The van der Waals surface area contributed by atoms with Crippen molar-refractivity contribution in [2.45, 2.75) is 24.9 Å². The lowest BCUT2D eigenvalue weighted by atomic mass is 9.64. The van der Waals surface area contributed by atoms with Crippen LogP contribution in [0, 0.1) is 18.2 Å². The molecule has 2 heterocycles. The van der Waals surface area contributed by atoms with Gasteiger partial charge in [0.2, 0.25) is 0 Å². The zero-order valence-corrected chi connectivity index (χ0v) is 22.2. The number of halogens is 2. The summed E-state index contributed by atoms with van der Waals surface area (Å²) in [5, 5.41) is 0.503. The molecule has 40 heavy (non-hydrogen) atoms. The van der Waals surface area contributed by atoms with Crippen LogP contribution in [0.2, 0.25) is 5.02 Å². The first-order valence-corrected chi connectivity index (χ1v) is 13.5. The molecule has 4 aromatic rings. The standard InChI is InChI=1S/C34H23ClFNO3/c1-19-6-8-21(9-7-19)31(38)30-29(20-10-13-23(35)14-11-20)34(32(39)25-4-2-3-5-26(25)33(34)40)28-17-12-22-18-24(36)15-16-27(22)37(28)30/h2-18,28-30H,1H3/t28-,29+,30+/m1/s1. The minimum Gasteiger partial charge on any atom is -0.352 e. The number of carbonyl (C=O) groups excluding carboxylic acids is 3. The van der Waals surface area contributed by atoms with Gasteiger partial charge in [0.15, 0.2) is 17.3 Å². The van der Waals surface area contributed by atoms with E-state index in [9.17, 15) is 18.8 Å². The number of benzene rings is 4. The lowest BCUT2D eigenvalue weighted by molar-refractivity contribution is 0.0666. The normalized spacial score (nSPS) is 21.9. The number of aryl methyl sites for hydroxylation is 1. The van der Waals surface area contributed by atoms with Crippen LogP contribution in [0.3, 0.4) is 0 Å². The summed E-state index contributed by atoms with van der Waals surface area (Å²) in [5.41, 5.74) is 2.43. The highest BCUT2D eigenvalue weighted by Gasteiger charge is 2.71. The van der Waals surface area contributed by atoms with Crippen molar-refractivity contribution < 1.29 is 18.8 Å². The van der Waals surface area contributed by atoms with Gasteiger partial charge in [-0.05, 0) is 42.8 Å². The van der Waals surface area contributed by atoms with Gasteiger partial charge >= 0.3 is 0 Å². The Morgan fingerprint density at radius 2 is 1.52 bits per heavy atom. The second-order valence-electron chi connectivity index (χ2n) is 10.7. The first-order chi connectivity index (χ1) is 19.3. The fourth-order valence-electron chi connectivity index (χ4n) is 6.88.